The molecule has 1 saturated carbocycles. The van der Waals surface area contributed by atoms with E-state index in [1.54, 1.807) is 13.8 Å². The van der Waals surface area contributed by atoms with E-state index in [0.29, 0.717) is 21.1 Å². The van der Waals surface area contributed by atoms with E-state index in [4.69, 9.17) is 4.74 Å². The van der Waals surface area contributed by atoms with E-state index in [9.17, 15) is 14.4 Å². The first-order valence-electron chi connectivity index (χ1n) is 10.8. The third-order valence-corrected chi connectivity index (χ3v) is 6.88. The zero-order valence-electron chi connectivity index (χ0n) is 18.6. The lowest BCUT2D eigenvalue weighted by atomic mass is 9.89. The van der Waals surface area contributed by atoms with E-state index in [-0.39, 0.29) is 29.9 Å². The number of hydrogen-bond acceptors (Lipinski definition) is 5. The van der Waals surface area contributed by atoms with E-state index < -0.39 is 5.97 Å². The fraction of sp³-hybridized carbons (Fsp3) is 0.458. The number of thiophene rings is 1. The van der Waals surface area contributed by atoms with Crippen LogP contribution in [-0.4, -0.2) is 24.4 Å². The van der Waals surface area contributed by atoms with Gasteiger partial charge >= 0.3 is 5.97 Å². The predicted molar refractivity (Wildman–Crippen MR) is 124 cm³/mol. The Morgan fingerprint density at radius 2 is 1.77 bits per heavy atom. The molecule has 0 spiro atoms. The molecule has 0 bridgehead atoms. The molecule has 31 heavy (non-hydrogen) atoms. The Kier molecular flexibility index (Phi) is 7.49. The first kappa shape index (κ1) is 23.0. The molecular weight excluding hydrogens is 412 g/mol. The second-order valence-electron chi connectivity index (χ2n) is 8.08. The average molecular weight is 443 g/mol. The molecule has 0 atom stereocenters. The van der Waals surface area contributed by atoms with Crippen LogP contribution in [0.25, 0.3) is 0 Å². The molecule has 2 N–H and O–H groups in total. The van der Waals surface area contributed by atoms with Crippen LogP contribution in [0.1, 0.15) is 75.7 Å². The van der Waals surface area contributed by atoms with Gasteiger partial charge in [-0.15, -0.1) is 11.3 Å². The number of rotatable bonds is 6. The summed E-state index contributed by atoms with van der Waals surface area (Å²) < 4.78 is 5.20. The number of nitrogens with one attached hydrogen (secondary N) is 2. The maximum atomic E-state index is 13.0. The first-order chi connectivity index (χ1) is 14.8. The minimum atomic E-state index is -0.527. The van der Waals surface area contributed by atoms with E-state index in [0.717, 1.165) is 54.6 Å². The highest BCUT2D eigenvalue weighted by atomic mass is 32.1. The molecule has 1 aliphatic rings. The Hall–Kier alpha value is -2.67. The van der Waals surface area contributed by atoms with Crippen molar-refractivity contribution in [2.45, 2.75) is 59.8 Å². The normalized spacial score (nSPS) is 14.2. The quantitative estimate of drug-likeness (QED) is 0.569. The monoisotopic (exact) mass is 442 g/mol. The first-order valence-corrected chi connectivity index (χ1v) is 11.6. The molecular formula is C24H30N2O4S. The van der Waals surface area contributed by atoms with Crippen LogP contribution in [0, 0.1) is 26.7 Å². The summed E-state index contributed by atoms with van der Waals surface area (Å²) in [5, 5.41) is 6.23. The third kappa shape index (κ3) is 5.34. The van der Waals surface area contributed by atoms with Gasteiger partial charge in [-0.25, -0.2) is 4.79 Å². The lowest BCUT2D eigenvalue weighted by Crippen LogP contribution is -2.25. The van der Waals surface area contributed by atoms with Gasteiger partial charge in [0.1, 0.15) is 5.00 Å². The lowest BCUT2D eigenvalue weighted by molar-refractivity contribution is -0.120. The number of carbonyl (C=O) groups is 3. The van der Waals surface area contributed by atoms with Gasteiger partial charge in [0.05, 0.1) is 17.0 Å². The summed E-state index contributed by atoms with van der Waals surface area (Å²) in [6.45, 7) is 7.59. The Balaban J connectivity index is 1.89. The number of aryl methyl sites for hydroxylation is 2. The maximum Gasteiger partial charge on any atom is 0.341 e. The minimum absolute atomic E-state index is 0.0568. The highest BCUT2D eigenvalue weighted by Crippen LogP contribution is 2.36. The Bertz CT molecular complexity index is 990. The largest absolute Gasteiger partial charge is 0.462 e. The topological polar surface area (TPSA) is 84.5 Å². The van der Waals surface area contributed by atoms with Gasteiger partial charge in [-0.1, -0.05) is 37.0 Å². The summed E-state index contributed by atoms with van der Waals surface area (Å²) in [5.74, 6) is -0.981. The Morgan fingerprint density at radius 3 is 2.42 bits per heavy atom. The fourth-order valence-electron chi connectivity index (χ4n) is 3.98. The maximum absolute atomic E-state index is 13.0. The van der Waals surface area contributed by atoms with Crippen LogP contribution in [0.15, 0.2) is 18.2 Å². The number of benzene rings is 1. The standard InChI is InChI=1S/C24H30N2O4S/c1-5-30-24(29)19-16(4)20(22(28)25-18-12-11-14(2)13-15(18)3)31-23(19)26-21(27)17-9-7-6-8-10-17/h11-13,17H,5-10H2,1-4H3,(H,25,28)(H,26,27). The van der Waals surface area contributed by atoms with Crippen LogP contribution in [0.3, 0.4) is 0 Å². The highest BCUT2D eigenvalue weighted by molar-refractivity contribution is 7.19. The summed E-state index contributed by atoms with van der Waals surface area (Å²) in [5.41, 5.74) is 3.57. The van der Waals surface area contributed by atoms with Crippen molar-refractivity contribution in [3.63, 3.8) is 0 Å². The molecule has 7 heteroatoms. The zero-order valence-corrected chi connectivity index (χ0v) is 19.4. The summed E-state index contributed by atoms with van der Waals surface area (Å²) >= 11 is 1.12. The van der Waals surface area contributed by atoms with Gasteiger partial charge in [-0.05, 0) is 57.7 Å². The van der Waals surface area contributed by atoms with E-state index in [1.165, 1.54) is 0 Å². The molecule has 2 aromatic rings. The third-order valence-electron chi connectivity index (χ3n) is 5.68. The summed E-state index contributed by atoms with van der Waals surface area (Å²) in [7, 11) is 0. The molecule has 3 rings (SSSR count). The van der Waals surface area contributed by atoms with Gasteiger partial charge in [-0.3, -0.25) is 9.59 Å². The van der Waals surface area contributed by atoms with Crippen LogP contribution >= 0.6 is 11.3 Å². The average Bonchev–Trinajstić information content (AvgIpc) is 3.06. The molecule has 1 aromatic carbocycles. The minimum Gasteiger partial charge on any atom is -0.462 e. The molecule has 0 radical (unpaired) electrons. The number of anilines is 2. The van der Waals surface area contributed by atoms with Crippen molar-refractivity contribution in [1.82, 2.24) is 0 Å². The van der Waals surface area contributed by atoms with Crippen molar-refractivity contribution in [2.75, 3.05) is 17.2 Å². The Labute approximate surface area is 187 Å². The molecule has 1 aliphatic carbocycles. The van der Waals surface area contributed by atoms with Crippen LogP contribution in [-0.2, 0) is 9.53 Å². The van der Waals surface area contributed by atoms with Crippen molar-refractivity contribution >= 4 is 39.8 Å². The molecule has 0 aliphatic heterocycles. The highest BCUT2D eigenvalue weighted by Gasteiger charge is 2.29. The van der Waals surface area contributed by atoms with E-state index in [2.05, 4.69) is 10.6 Å². The molecule has 166 valence electrons. The van der Waals surface area contributed by atoms with Crippen molar-refractivity contribution in [2.24, 2.45) is 5.92 Å². The molecule has 1 heterocycles. The second-order valence-corrected chi connectivity index (χ2v) is 9.10. The van der Waals surface area contributed by atoms with Crippen LogP contribution in [0.5, 0.6) is 0 Å². The Morgan fingerprint density at radius 1 is 1.06 bits per heavy atom. The molecule has 1 fully saturated rings. The number of ether oxygens (including phenoxy) is 1. The van der Waals surface area contributed by atoms with Gasteiger partial charge in [0.25, 0.3) is 5.91 Å². The molecule has 6 nitrogen and oxygen atoms in total. The van der Waals surface area contributed by atoms with Crippen molar-refractivity contribution in [3.8, 4) is 0 Å². The summed E-state index contributed by atoms with van der Waals surface area (Å²) in [6, 6.07) is 5.80. The molecule has 1 aromatic heterocycles. The van der Waals surface area contributed by atoms with Gasteiger partial charge in [0, 0.05) is 11.6 Å². The summed E-state index contributed by atoms with van der Waals surface area (Å²) in [6.07, 6.45) is 4.93. The molecule has 0 unspecified atom stereocenters. The number of hydrogen-bond donors (Lipinski definition) is 2. The lowest BCUT2D eigenvalue weighted by Gasteiger charge is -2.20. The van der Waals surface area contributed by atoms with Crippen molar-refractivity contribution < 1.29 is 19.1 Å². The SMILES string of the molecule is CCOC(=O)c1c(NC(=O)C2CCCCC2)sc(C(=O)Nc2ccc(C)cc2C)c1C. The number of esters is 1. The van der Waals surface area contributed by atoms with Gasteiger partial charge in [0.15, 0.2) is 0 Å². The smallest absolute Gasteiger partial charge is 0.341 e. The van der Waals surface area contributed by atoms with E-state index >= 15 is 0 Å². The van der Waals surface area contributed by atoms with Crippen molar-refractivity contribution in [1.29, 1.82) is 0 Å². The van der Waals surface area contributed by atoms with Crippen LogP contribution in [0.2, 0.25) is 0 Å². The number of amides is 2. The van der Waals surface area contributed by atoms with Crippen molar-refractivity contribution in [3.05, 3.63) is 45.3 Å². The predicted octanol–water partition coefficient (Wildman–Crippen LogP) is 5.62. The van der Waals surface area contributed by atoms with Gasteiger partial charge in [0.2, 0.25) is 5.91 Å². The second kappa shape index (κ2) is 10.1. The van der Waals surface area contributed by atoms with E-state index in [1.807, 2.05) is 32.0 Å². The zero-order chi connectivity index (χ0) is 22.5. The molecule has 2 amide bonds. The van der Waals surface area contributed by atoms with Crippen LogP contribution < -0.4 is 10.6 Å². The molecule has 0 saturated heterocycles. The van der Waals surface area contributed by atoms with Gasteiger partial charge in [-0.2, -0.15) is 0 Å². The fourth-order valence-corrected chi connectivity index (χ4v) is 5.07. The number of carbonyl (C=O) groups excluding carboxylic acids is 3. The van der Waals surface area contributed by atoms with Crippen LogP contribution in [0.4, 0.5) is 10.7 Å². The summed E-state index contributed by atoms with van der Waals surface area (Å²) in [4.78, 5) is 38.9. The van der Waals surface area contributed by atoms with Gasteiger partial charge < -0.3 is 15.4 Å².